The average molecular weight is 340 g/mol. The van der Waals surface area contributed by atoms with Crippen LogP contribution in [0.2, 0.25) is 0 Å². The van der Waals surface area contributed by atoms with E-state index in [1.165, 1.54) is 0 Å². The van der Waals surface area contributed by atoms with E-state index in [1.54, 1.807) is 7.11 Å². The molecule has 1 atom stereocenters. The number of benzene rings is 1. The third-order valence-corrected chi connectivity index (χ3v) is 4.83. The Hall–Kier alpha value is -1.03. The van der Waals surface area contributed by atoms with Gasteiger partial charge in [-0.15, -0.1) is 0 Å². The summed E-state index contributed by atoms with van der Waals surface area (Å²) in [6.07, 6.45) is 0.658. The number of nitrogens with zero attached hydrogens (tertiary/aromatic N) is 1. The molecule has 0 aliphatic carbocycles. The topological polar surface area (TPSA) is 29.5 Å². The maximum Gasteiger partial charge on any atom is 0.223 e. The molecule has 1 unspecified atom stereocenters. The third-order valence-electron chi connectivity index (χ3n) is 4.05. The first-order valence-electron chi connectivity index (χ1n) is 6.91. The van der Waals surface area contributed by atoms with E-state index in [4.69, 9.17) is 4.74 Å². The second-order valence-electron chi connectivity index (χ2n) is 6.50. The van der Waals surface area contributed by atoms with E-state index >= 15 is 0 Å². The molecule has 1 aromatic rings. The van der Waals surface area contributed by atoms with Crippen LogP contribution in [-0.2, 0) is 11.3 Å². The number of carbonyl (C=O) groups excluding carboxylic acids is 1. The molecule has 20 heavy (non-hydrogen) atoms. The van der Waals surface area contributed by atoms with Crippen molar-refractivity contribution in [2.75, 3.05) is 13.7 Å². The van der Waals surface area contributed by atoms with Gasteiger partial charge in [-0.25, -0.2) is 0 Å². The minimum Gasteiger partial charge on any atom is -0.497 e. The van der Waals surface area contributed by atoms with E-state index in [0.29, 0.717) is 18.9 Å². The van der Waals surface area contributed by atoms with Crippen molar-refractivity contribution in [3.8, 4) is 5.75 Å². The van der Waals surface area contributed by atoms with Gasteiger partial charge in [0.2, 0.25) is 5.91 Å². The predicted octanol–water partition coefficient (Wildman–Crippen LogP) is 3.85. The Morgan fingerprint density at radius 2 is 2.10 bits per heavy atom. The summed E-state index contributed by atoms with van der Waals surface area (Å²) in [6.45, 7) is 8.09. The molecule has 2 rings (SSSR count). The lowest BCUT2D eigenvalue weighted by atomic mass is 9.80. The minimum atomic E-state index is 0.177. The second kappa shape index (κ2) is 5.76. The van der Waals surface area contributed by atoms with Crippen LogP contribution in [0.3, 0.4) is 0 Å². The summed E-state index contributed by atoms with van der Waals surface area (Å²) in [5.41, 5.74) is 1.27. The first kappa shape index (κ1) is 15.4. The van der Waals surface area contributed by atoms with Crippen LogP contribution in [0.15, 0.2) is 22.7 Å². The van der Waals surface area contributed by atoms with Crippen LogP contribution in [0, 0.1) is 11.3 Å². The van der Waals surface area contributed by atoms with Gasteiger partial charge in [0.25, 0.3) is 0 Å². The predicted molar refractivity (Wildman–Crippen MR) is 83.7 cm³/mol. The summed E-state index contributed by atoms with van der Waals surface area (Å²) < 4.78 is 6.27. The SMILES string of the molecule is COc1ccc(Br)c(CN2CC(C(C)(C)C)CC2=O)c1. The zero-order valence-electron chi connectivity index (χ0n) is 12.6. The molecule has 4 heteroatoms. The van der Waals surface area contributed by atoms with E-state index < -0.39 is 0 Å². The molecule has 110 valence electrons. The smallest absolute Gasteiger partial charge is 0.223 e. The van der Waals surface area contributed by atoms with Crippen LogP contribution in [0.1, 0.15) is 32.8 Å². The highest BCUT2D eigenvalue weighted by molar-refractivity contribution is 9.10. The lowest BCUT2D eigenvalue weighted by molar-refractivity contribution is -0.128. The molecular formula is C16H22BrNO2. The molecule has 1 aliphatic rings. The Bertz CT molecular complexity index is 508. The molecule has 1 amide bonds. The molecule has 0 bridgehead atoms. The third kappa shape index (κ3) is 3.35. The summed E-state index contributed by atoms with van der Waals surface area (Å²) in [4.78, 5) is 14.1. The van der Waals surface area contributed by atoms with Gasteiger partial charge < -0.3 is 9.64 Å². The van der Waals surface area contributed by atoms with Crippen molar-refractivity contribution in [3.05, 3.63) is 28.2 Å². The Morgan fingerprint density at radius 1 is 1.40 bits per heavy atom. The van der Waals surface area contributed by atoms with Gasteiger partial charge in [-0.3, -0.25) is 4.79 Å². The van der Waals surface area contributed by atoms with Crippen LogP contribution in [-0.4, -0.2) is 24.5 Å². The normalized spacial score (nSPS) is 19.6. The summed E-state index contributed by atoms with van der Waals surface area (Å²) >= 11 is 3.55. The molecule has 1 aliphatic heterocycles. The lowest BCUT2D eigenvalue weighted by Crippen LogP contribution is -2.27. The first-order chi connectivity index (χ1) is 9.31. The quantitative estimate of drug-likeness (QED) is 0.836. The van der Waals surface area contributed by atoms with Crippen LogP contribution in [0.4, 0.5) is 0 Å². The monoisotopic (exact) mass is 339 g/mol. The van der Waals surface area contributed by atoms with Gasteiger partial charge in [0, 0.05) is 24.0 Å². The van der Waals surface area contributed by atoms with Crippen LogP contribution in [0.5, 0.6) is 5.75 Å². The van der Waals surface area contributed by atoms with Crippen LogP contribution >= 0.6 is 15.9 Å². The van der Waals surface area contributed by atoms with Gasteiger partial charge in [-0.1, -0.05) is 36.7 Å². The molecule has 1 saturated heterocycles. The Morgan fingerprint density at radius 3 is 2.65 bits per heavy atom. The molecule has 0 radical (unpaired) electrons. The van der Waals surface area contributed by atoms with Gasteiger partial charge in [0.05, 0.1) is 7.11 Å². The van der Waals surface area contributed by atoms with Gasteiger partial charge in [-0.2, -0.15) is 0 Å². The van der Waals surface area contributed by atoms with Crippen LogP contribution < -0.4 is 4.74 Å². The molecule has 0 saturated carbocycles. The summed E-state index contributed by atoms with van der Waals surface area (Å²) in [5, 5.41) is 0. The Balaban J connectivity index is 2.13. The van der Waals surface area contributed by atoms with E-state index in [9.17, 15) is 4.79 Å². The highest BCUT2D eigenvalue weighted by atomic mass is 79.9. The zero-order chi connectivity index (χ0) is 14.9. The summed E-state index contributed by atoms with van der Waals surface area (Å²) in [6, 6.07) is 5.87. The van der Waals surface area contributed by atoms with Crippen molar-refractivity contribution in [1.82, 2.24) is 4.90 Å². The van der Waals surface area contributed by atoms with Gasteiger partial charge in [0.1, 0.15) is 5.75 Å². The molecule has 0 N–H and O–H groups in total. The molecule has 1 heterocycles. The molecule has 3 nitrogen and oxygen atoms in total. The number of hydrogen-bond donors (Lipinski definition) is 0. The fourth-order valence-electron chi connectivity index (χ4n) is 2.51. The highest BCUT2D eigenvalue weighted by Crippen LogP contribution is 2.35. The van der Waals surface area contributed by atoms with Crippen molar-refractivity contribution < 1.29 is 9.53 Å². The van der Waals surface area contributed by atoms with Gasteiger partial charge >= 0.3 is 0 Å². The maximum atomic E-state index is 12.2. The molecule has 1 fully saturated rings. The number of amides is 1. The Labute approximate surface area is 129 Å². The highest BCUT2D eigenvalue weighted by Gasteiger charge is 2.36. The first-order valence-corrected chi connectivity index (χ1v) is 7.70. The van der Waals surface area contributed by atoms with Crippen LogP contribution in [0.25, 0.3) is 0 Å². The number of halogens is 1. The number of carbonyl (C=O) groups is 1. The zero-order valence-corrected chi connectivity index (χ0v) is 14.2. The standard InChI is InChI=1S/C16H22BrNO2/c1-16(2,3)12-8-15(19)18(10-12)9-11-7-13(20-4)5-6-14(11)17/h5-7,12H,8-10H2,1-4H3. The average Bonchev–Trinajstić information content (AvgIpc) is 2.74. The van der Waals surface area contributed by atoms with Gasteiger partial charge in [-0.05, 0) is 35.1 Å². The van der Waals surface area contributed by atoms with E-state index in [1.807, 2.05) is 23.1 Å². The fourth-order valence-corrected chi connectivity index (χ4v) is 2.88. The fraction of sp³-hybridized carbons (Fsp3) is 0.562. The maximum absolute atomic E-state index is 12.2. The van der Waals surface area contributed by atoms with Gasteiger partial charge in [0.15, 0.2) is 0 Å². The molecule has 0 aromatic heterocycles. The number of hydrogen-bond acceptors (Lipinski definition) is 2. The lowest BCUT2D eigenvalue weighted by Gasteiger charge is -2.26. The van der Waals surface area contributed by atoms with Crippen molar-refractivity contribution in [2.24, 2.45) is 11.3 Å². The molecule has 0 spiro atoms. The van der Waals surface area contributed by atoms with Crippen molar-refractivity contribution in [1.29, 1.82) is 0 Å². The number of methoxy groups -OCH3 is 1. The minimum absolute atomic E-state index is 0.177. The molecule has 1 aromatic carbocycles. The summed E-state index contributed by atoms with van der Waals surface area (Å²) in [5.74, 6) is 1.50. The number of likely N-dealkylation sites (tertiary alicyclic amines) is 1. The largest absolute Gasteiger partial charge is 0.497 e. The van der Waals surface area contributed by atoms with Crippen molar-refractivity contribution in [2.45, 2.75) is 33.7 Å². The molecular weight excluding hydrogens is 318 g/mol. The van der Waals surface area contributed by atoms with E-state index in [0.717, 1.165) is 22.3 Å². The Kier molecular flexibility index (Phi) is 4.43. The second-order valence-corrected chi connectivity index (χ2v) is 7.35. The summed E-state index contributed by atoms with van der Waals surface area (Å²) in [7, 11) is 1.66. The number of rotatable bonds is 3. The van der Waals surface area contributed by atoms with Crippen molar-refractivity contribution in [3.63, 3.8) is 0 Å². The van der Waals surface area contributed by atoms with Crippen molar-refractivity contribution >= 4 is 21.8 Å². The van der Waals surface area contributed by atoms with E-state index in [2.05, 4.69) is 36.7 Å². The number of ether oxygens (including phenoxy) is 1. The van der Waals surface area contributed by atoms with E-state index in [-0.39, 0.29) is 11.3 Å².